The molecule has 1 N–H and O–H groups in total. The predicted molar refractivity (Wildman–Crippen MR) is 69.9 cm³/mol. The fourth-order valence-corrected chi connectivity index (χ4v) is 2.42. The van der Waals surface area contributed by atoms with Crippen LogP contribution in [0.15, 0.2) is 12.1 Å². The molecule has 1 aromatic rings. The van der Waals surface area contributed by atoms with E-state index in [1.165, 1.54) is 12.1 Å². The van der Waals surface area contributed by atoms with Gasteiger partial charge >= 0.3 is 0 Å². The molecule has 0 aromatic heterocycles. The largest absolute Gasteiger partial charge is 0.349 e. The summed E-state index contributed by atoms with van der Waals surface area (Å²) in [6, 6.07) is 2.35. The fourth-order valence-electron chi connectivity index (χ4n) is 2.42. The van der Waals surface area contributed by atoms with Crippen LogP contribution in [0.2, 0.25) is 0 Å². The van der Waals surface area contributed by atoms with E-state index in [0.29, 0.717) is 11.5 Å². The van der Waals surface area contributed by atoms with Crippen molar-refractivity contribution in [1.82, 2.24) is 5.32 Å². The van der Waals surface area contributed by atoms with Crippen molar-refractivity contribution in [2.75, 3.05) is 0 Å². The first-order chi connectivity index (χ1) is 8.90. The Morgan fingerprint density at radius 3 is 2.21 bits per heavy atom. The van der Waals surface area contributed by atoms with Crippen LogP contribution in [-0.2, 0) is 0 Å². The molecule has 0 aliphatic heterocycles. The minimum atomic E-state index is -0.798. The first kappa shape index (κ1) is 14.0. The number of benzene rings is 1. The number of hydrogen-bond donors (Lipinski definition) is 1. The van der Waals surface area contributed by atoms with Crippen molar-refractivity contribution in [3.05, 3.63) is 34.9 Å². The van der Waals surface area contributed by atoms with Crippen LogP contribution in [-0.4, -0.2) is 11.9 Å². The summed E-state index contributed by atoms with van der Waals surface area (Å²) < 4.78 is 27.5. The highest BCUT2D eigenvalue weighted by atomic mass is 19.1. The van der Waals surface area contributed by atoms with E-state index in [-0.39, 0.29) is 12.0 Å². The van der Waals surface area contributed by atoms with Gasteiger partial charge in [0.05, 0.1) is 0 Å². The molecule has 0 unspecified atom stereocenters. The third-order valence-corrected chi connectivity index (χ3v) is 3.56. The van der Waals surface area contributed by atoms with E-state index in [0.717, 1.165) is 12.8 Å². The van der Waals surface area contributed by atoms with Crippen LogP contribution in [0.25, 0.3) is 0 Å². The van der Waals surface area contributed by atoms with Crippen molar-refractivity contribution in [3.8, 4) is 0 Å². The van der Waals surface area contributed by atoms with Crippen molar-refractivity contribution in [1.29, 1.82) is 0 Å². The van der Waals surface area contributed by atoms with Gasteiger partial charge in [0.2, 0.25) is 0 Å². The summed E-state index contributed by atoms with van der Waals surface area (Å²) in [5, 5.41) is 2.78. The van der Waals surface area contributed by atoms with Crippen LogP contribution in [0.5, 0.6) is 0 Å². The zero-order chi connectivity index (χ0) is 14.2. The van der Waals surface area contributed by atoms with Gasteiger partial charge < -0.3 is 5.32 Å². The minimum Gasteiger partial charge on any atom is -0.349 e. The highest BCUT2D eigenvalue weighted by Crippen LogP contribution is 2.35. The Morgan fingerprint density at radius 2 is 1.79 bits per heavy atom. The lowest BCUT2D eigenvalue weighted by Crippen LogP contribution is -2.40. The molecule has 1 aromatic carbocycles. The lowest BCUT2D eigenvalue weighted by atomic mass is 9.99. The van der Waals surface area contributed by atoms with Crippen LogP contribution in [0.3, 0.4) is 0 Å². The fraction of sp³-hybridized carbons (Fsp3) is 0.533. The number of halogens is 2. The molecule has 1 atom stereocenters. The van der Waals surface area contributed by atoms with E-state index in [4.69, 9.17) is 0 Å². The van der Waals surface area contributed by atoms with Gasteiger partial charge in [-0.05, 0) is 49.3 Å². The van der Waals surface area contributed by atoms with Gasteiger partial charge in [-0.1, -0.05) is 13.8 Å². The highest BCUT2D eigenvalue weighted by molar-refractivity contribution is 5.95. The van der Waals surface area contributed by atoms with Crippen molar-refractivity contribution in [3.63, 3.8) is 0 Å². The maximum atomic E-state index is 13.7. The molecule has 1 fully saturated rings. The summed E-state index contributed by atoms with van der Waals surface area (Å²) in [6.07, 6.45) is 2.14. The number of nitrogens with one attached hydrogen (secondary N) is 1. The van der Waals surface area contributed by atoms with E-state index >= 15 is 0 Å². The summed E-state index contributed by atoms with van der Waals surface area (Å²) in [7, 11) is 0. The van der Waals surface area contributed by atoms with Crippen LogP contribution in [0.4, 0.5) is 8.78 Å². The van der Waals surface area contributed by atoms with E-state index in [1.807, 2.05) is 13.8 Å². The summed E-state index contributed by atoms with van der Waals surface area (Å²) >= 11 is 0. The lowest BCUT2D eigenvalue weighted by Gasteiger charge is -2.22. The molecule has 1 aliphatic rings. The van der Waals surface area contributed by atoms with Crippen molar-refractivity contribution >= 4 is 5.91 Å². The molecule has 0 bridgehead atoms. The van der Waals surface area contributed by atoms with Crippen LogP contribution in [0.1, 0.15) is 42.6 Å². The van der Waals surface area contributed by atoms with Crippen LogP contribution >= 0.6 is 0 Å². The predicted octanol–water partition coefficient (Wildman–Crippen LogP) is 3.44. The van der Waals surface area contributed by atoms with Crippen molar-refractivity contribution in [2.45, 2.75) is 39.7 Å². The topological polar surface area (TPSA) is 29.1 Å². The molecule has 4 heteroatoms. The second kappa shape index (κ2) is 5.27. The molecule has 2 rings (SSSR count). The molecular weight excluding hydrogens is 248 g/mol. The van der Waals surface area contributed by atoms with Gasteiger partial charge in [-0.3, -0.25) is 4.79 Å². The number of amides is 1. The van der Waals surface area contributed by atoms with Gasteiger partial charge in [0.15, 0.2) is 0 Å². The maximum absolute atomic E-state index is 13.7. The smallest absolute Gasteiger partial charge is 0.257 e. The second-order valence-electron chi connectivity index (χ2n) is 5.68. The third kappa shape index (κ3) is 3.11. The van der Waals surface area contributed by atoms with Crippen LogP contribution in [0, 0.1) is 30.4 Å². The van der Waals surface area contributed by atoms with Gasteiger partial charge in [-0.15, -0.1) is 0 Å². The Labute approximate surface area is 112 Å². The Bertz CT molecular complexity index is 470. The monoisotopic (exact) mass is 267 g/mol. The van der Waals surface area contributed by atoms with E-state index in [9.17, 15) is 13.6 Å². The van der Waals surface area contributed by atoms with Gasteiger partial charge in [0, 0.05) is 6.04 Å². The Hall–Kier alpha value is -1.45. The van der Waals surface area contributed by atoms with Gasteiger partial charge in [0.25, 0.3) is 5.91 Å². The summed E-state index contributed by atoms with van der Waals surface area (Å²) in [4.78, 5) is 12.1. The Balaban J connectivity index is 2.20. The number of hydrogen-bond acceptors (Lipinski definition) is 1. The quantitative estimate of drug-likeness (QED) is 0.889. The summed E-state index contributed by atoms with van der Waals surface area (Å²) in [5.41, 5.74) is -0.00828. The molecule has 0 heterocycles. The van der Waals surface area contributed by atoms with E-state index in [2.05, 4.69) is 5.32 Å². The number of carbonyl (C=O) groups is 1. The molecule has 2 nitrogen and oxygen atoms in total. The molecule has 0 radical (unpaired) electrons. The van der Waals surface area contributed by atoms with E-state index < -0.39 is 23.1 Å². The number of aryl methyl sites for hydroxylation is 1. The SMILES string of the molecule is Cc1cc(F)c(C(=O)N[C@@H](C(C)C)C2CC2)c(F)c1. The number of rotatable bonds is 4. The average Bonchev–Trinajstić information content (AvgIpc) is 3.07. The molecule has 0 spiro atoms. The molecule has 19 heavy (non-hydrogen) atoms. The molecular formula is C15H19F2NO. The van der Waals surface area contributed by atoms with Crippen LogP contribution < -0.4 is 5.32 Å². The zero-order valence-electron chi connectivity index (χ0n) is 11.5. The first-order valence-corrected chi connectivity index (χ1v) is 6.66. The average molecular weight is 267 g/mol. The maximum Gasteiger partial charge on any atom is 0.257 e. The summed E-state index contributed by atoms with van der Waals surface area (Å²) in [6.45, 7) is 5.60. The first-order valence-electron chi connectivity index (χ1n) is 6.66. The standard InChI is InChI=1S/C15H19F2NO/c1-8(2)14(10-4-5-10)18-15(19)13-11(16)6-9(3)7-12(13)17/h6-8,10,14H,4-5H2,1-3H3,(H,18,19)/t14-/m0/s1. The van der Waals surface area contributed by atoms with Gasteiger partial charge in [-0.2, -0.15) is 0 Å². The molecule has 104 valence electrons. The highest BCUT2D eigenvalue weighted by Gasteiger charge is 2.35. The number of carbonyl (C=O) groups excluding carboxylic acids is 1. The molecule has 1 amide bonds. The van der Waals surface area contributed by atoms with E-state index in [1.54, 1.807) is 6.92 Å². The molecule has 1 saturated carbocycles. The minimum absolute atomic E-state index is 0.00685. The van der Waals surface area contributed by atoms with Gasteiger partial charge in [-0.25, -0.2) is 8.78 Å². The normalized spacial score (nSPS) is 16.5. The second-order valence-corrected chi connectivity index (χ2v) is 5.68. The molecule has 0 saturated heterocycles. The lowest BCUT2D eigenvalue weighted by molar-refractivity contribution is 0.0910. The molecule has 1 aliphatic carbocycles. The van der Waals surface area contributed by atoms with Crippen molar-refractivity contribution < 1.29 is 13.6 Å². The zero-order valence-corrected chi connectivity index (χ0v) is 11.5. The third-order valence-electron chi connectivity index (χ3n) is 3.56. The Morgan fingerprint density at radius 1 is 1.26 bits per heavy atom. The van der Waals surface area contributed by atoms with Gasteiger partial charge in [0.1, 0.15) is 17.2 Å². The van der Waals surface area contributed by atoms with Crippen molar-refractivity contribution in [2.24, 2.45) is 11.8 Å². The Kier molecular flexibility index (Phi) is 3.88. The summed E-state index contributed by atoms with van der Waals surface area (Å²) in [5.74, 6) is -1.55.